The van der Waals surface area contributed by atoms with Crippen LogP contribution in [0.25, 0.3) is 0 Å². The molecule has 0 saturated carbocycles. The molecule has 1 fully saturated rings. The Hall–Kier alpha value is -1.30. The van der Waals surface area contributed by atoms with Crippen LogP contribution < -0.4 is 4.72 Å². The van der Waals surface area contributed by atoms with Crippen LogP contribution in [0.1, 0.15) is 17.2 Å². The minimum absolute atomic E-state index is 0.0122. The summed E-state index contributed by atoms with van der Waals surface area (Å²) in [7, 11) is -4.21. The molecule has 5 nitrogen and oxygen atoms in total. The highest BCUT2D eigenvalue weighted by atomic mass is 32.2. The van der Waals surface area contributed by atoms with E-state index in [1.165, 1.54) is 0 Å². The normalized spacial score (nSPS) is 18.8. The number of halogens is 5. The second kappa shape index (κ2) is 7.30. The first-order valence-electron chi connectivity index (χ1n) is 6.92. The van der Waals surface area contributed by atoms with Crippen molar-refractivity contribution in [3.8, 4) is 0 Å². The molecule has 1 aliphatic heterocycles. The van der Waals surface area contributed by atoms with Gasteiger partial charge in [0.2, 0.25) is 0 Å². The molecule has 1 atom stereocenters. The molecule has 1 N–H and O–H groups in total. The van der Waals surface area contributed by atoms with Crippen molar-refractivity contribution in [1.82, 2.24) is 9.03 Å². The van der Waals surface area contributed by atoms with Crippen molar-refractivity contribution >= 4 is 10.2 Å². The van der Waals surface area contributed by atoms with E-state index in [-0.39, 0.29) is 31.9 Å². The summed E-state index contributed by atoms with van der Waals surface area (Å²) < 4.78 is 96.1. The van der Waals surface area contributed by atoms with E-state index in [0.29, 0.717) is 12.1 Å². The van der Waals surface area contributed by atoms with Gasteiger partial charge in [-0.25, -0.2) is 8.78 Å². The summed E-state index contributed by atoms with van der Waals surface area (Å²) in [6.45, 7) is 0.303. The van der Waals surface area contributed by atoms with Gasteiger partial charge in [-0.05, 0) is 17.7 Å². The molecule has 0 amide bonds. The first-order valence-corrected chi connectivity index (χ1v) is 8.36. The van der Waals surface area contributed by atoms with Crippen molar-refractivity contribution in [1.29, 1.82) is 0 Å². The number of hydrogen-bond acceptors (Lipinski definition) is 3. The standard InChI is InChI=1S/C13H15F5N2O3S/c14-12(15)11(9-1-3-10(4-2-9)13(16,17)18)19-24(21,22)20-5-7-23-8-6-20/h1-4,11-12,19H,5-8H2/t11-/m1/s1. The molecule has 11 heteroatoms. The second-order valence-corrected chi connectivity index (χ2v) is 6.77. The van der Waals surface area contributed by atoms with Gasteiger partial charge in [-0.3, -0.25) is 0 Å². The van der Waals surface area contributed by atoms with Crippen LogP contribution in [0.15, 0.2) is 24.3 Å². The maximum atomic E-state index is 13.2. The maximum Gasteiger partial charge on any atom is 0.416 e. The summed E-state index contributed by atoms with van der Waals surface area (Å²) >= 11 is 0. The third-order valence-corrected chi connectivity index (χ3v) is 5.03. The van der Waals surface area contributed by atoms with E-state index in [2.05, 4.69) is 0 Å². The van der Waals surface area contributed by atoms with Crippen LogP contribution in [0, 0.1) is 0 Å². The highest BCUT2D eigenvalue weighted by Gasteiger charge is 2.34. The van der Waals surface area contributed by atoms with Gasteiger partial charge >= 0.3 is 6.18 Å². The lowest BCUT2D eigenvalue weighted by atomic mass is 10.1. The lowest BCUT2D eigenvalue weighted by Gasteiger charge is -2.28. The second-order valence-electron chi connectivity index (χ2n) is 5.07. The van der Waals surface area contributed by atoms with Gasteiger partial charge in [0.25, 0.3) is 16.6 Å². The zero-order valence-corrected chi connectivity index (χ0v) is 13.1. The Morgan fingerprint density at radius 1 is 1.08 bits per heavy atom. The van der Waals surface area contributed by atoms with E-state index in [1.807, 2.05) is 4.72 Å². The van der Waals surface area contributed by atoms with Crippen LogP contribution in [-0.4, -0.2) is 45.5 Å². The molecule has 0 aliphatic carbocycles. The SMILES string of the molecule is O=S(=O)(N[C@H](c1ccc(C(F)(F)F)cc1)C(F)F)N1CCOCC1. The molecular formula is C13H15F5N2O3S. The molecule has 0 radical (unpaired) electrons. The fourth-order valence-corrected chi connectivity index (χ4v) is 3.51. The Morgan fingerprint density at radius 3 is 2.08 bits per heavy atom. The highest BCUT2D eigenvalue weighted by molar-refractivity contribution is 7.87. The summed E-state index contributed by atoms with van der Waals surface area (Å²) in [6, 6.07) is 0.991. The maximum absolute atomic E-state index is 13.2. The van der Waals surface area contributed by atoms with Gasteiger partial charge in [0, 0.05) is 13.1 Å². The van der Waals surface area contributed by atoms with Crippen molar-refractivity contribution in [3.05, 3.63) is 35.4 Å². The minimum atomic E-state index is -4.60. The summed E-state index contributed by atoms with van der Waals surface area (Å²) in [5, 5.41) is 0. The van der Waals surface area contributed by atoms with Crippen molar-refractivity contribution in [2.45, 2.75) is 18.6 Å². The average molecular weight is 374 g/mol. The molecule has 1 aliphatic rings. The fourth-order valence-electron chi connectivity index (χ4n) is 2.17. The molecule has 0 aromatic heterocycles. The molecule has 1 heterocycles. The van der Waals surface area contributed by atoms with E-state index in [9.17, 15) is 30.4 Å². The number of morpholine rings is 1. The first-order chi connectivity index (χ1) is 11.1. The predicted octanol–water partition coefficient (Wildman–Crippen LogP) is 2.18. The number of ether oxygens (including phenoxy) is 1. The number of nitrogens with zero attached hydrogens (tertiary/aromatic N) is 1. The van der Waals surface area contributed by atoms with Crippen LogP contribution >= 0.6 is 0 Å². The number of nitrogens with one attached hydrogen (secondary N) is 1. The zero-order valence-electron chi connectivity index (χ0n) is 12.3. The number of hydrogen-bond donors (Lipinski definition) is 1. The first kappa shape index (κ1) is 19.0. The van der Waals surface area contributed by atoms with Gasteiger partial charge in [0.15, 0.2) is 0 Å². The number of benzene rings is 1. The molecule has 0 bridgehead atoms. The molecule has 1 aromatic carbocycles. The van der Waals surface area contributed by atoms with Gasteiger partial charge in [-0.15, -0.1) is 0 Å². The Kier molecular flexibility index (Phi) is 5.78. The van der Waals surface area contributed by atoms with E-state index in [4.69, 9.17) is 4.74 Å². The van der Waals surface area contributed by atoms with E-state index < -0.39 is 34.4 Å². The van der Waals surface area contributed by atoms with Crippen molar-refractivity contribution in [3.63, 3.8) is 0 Å². The predicted molar refractivity (Wildman–Crippen MR) is 74.6 cm³/mol. The van der Waals surface area contributed by atoms with Gasteiger partial charge in [0.05, 0.1) is 18.8 Å². The lowest BCUT2D eigenvalue weighted by molar-refractivity contribution is -0.137. The van der Waals surface area contributed by atoms with Crippen LogP contribution in [0.3, 0.4) is 0 Å². The molecule has 0 unspecified atom stereocenters. The van der Waals surface area contributed by atoms with Crippen molar-refractivity contribution in [2.24, 2.45) is 0 Å². The third kappa shape index (κ3) is 4.62. The smallest absolute Gasteiger partial charge is 0.379 e. The largest absolute Gasteiger partial charge is 0.416 e. The Morgan fingerprint density at radius 2 is 1.62 bits per heavy atom. The van der Waals surface area contributed by atoms with E-state index in [0.717, 1.165) is 16.4 Å². The molecule has 24 heavy (non-hydrogen) atoms. The van der Waals surface area contributed by atoms with Crippen molar-refractivity contribution in [2.75, 3.05) is 26.3 Å². The topological polar surface area (TPSA) is 58.6 Å². The van der Waals surface area contributed by atoms with Gasteiger partial charge in [-0.2, -0.15) is 30.6 Å². The highest BCUT2D eigenvalue weighted by Crippen LogP contribution is 2.31. The number of rotatable bonds is 5. The Bertz CT molecular complexity index is 643. The summed E-state index contributed by atoms with van der Waals surface area (Å²) in [4.78, 5) is 0. The Labute approximate surface area is 135 Å². The average Bonchev–Trinajstić information content (AvgIpc) is 2.52. The quantitative estimate of drug-likeness (QED) is 0.804. The number of alkyl halides is 5. The van der Waals surface area contributed by atoms with Crippen LogP contribution in [0.5, 0.6) is 0 Å². The van der Waals surface area contributed by atoms with Crippen LogP contribution in [-0.2, 0) is 21.1 Å². The summed E-state index contributed by atoms with van der Waals surface area (Å²) in [5.41, 5.74) is -1.26. The minimum Gasteiger partial charge on any atom is -0.379 e. The Balaban J connectivity index is 2.20. The van der Waals surface area contributed by atoms with Crippen LogP contribution in [0.4, 0.5) is 22.0 Å². The zero-order chi connectivity index (χ0) is 18.0. The summed E-state index contributed by atoms with van der Waals surface area (Å²) in [5.74, 6) is 0. The monoisotopic (exact) mass is 374 g/mol. The van der Waals surface area contributed by atoms with E-state index in [1.54, 1.807) is 0 Å². The molecule has 2 rings (SSSR count). The molecule has 1 saturated heterocycles. The summed E-state index contributed by atoms with van der Waals surface area (Å²) in [6.07, 6.45) is -7.73. The lowest BCUT2D eigenvalue weighted by Crippen LogP contribution is -2.48. The molecule has 136 valence electrons. The molecular weight excluding hydrogens is 359 g/mol. The molecule has 1 aromatic rings. The van der Waals surface area contributed by atoms with Crippen molar-refractivity contribution < 1.29 is 35.1 Å². The van der Waals surface area contributed by atoms with Gasteiger partial charge in [-0.1, -0.05) is 12.1 Å². The van der Waals surface area contributed by atoms with Crippen LogP contribution in [0.2, 0.25) is 0 Å². The fraction of sp³-hybridized carbons (Fsp3) is 0.538. The molecule has 0 spiro atoms. The van der Waals surface area contributed by atoms with Gasteiger partial charge in [0.1, 0.15) is 6.04 Å². The van der Waals surface area contributed by atoms with Gasteiger partial charge < -0.3 is 4.74 Å². The third-order valence-electron chi connectivity index (χ3n) is 3.43. The van der Waals surface area contributed by atoms with E-state index >= 15 is 0 Å².